The summed E-state index contributed by atoms with van der Waals surface area (Å²) in [4.78, 5) is 0. The second kappa shape index (κ2) is 7.27. The monoisotopic (exact) mass is 358 g/mol. The SMILES string of the molecule is COc1cc(-c2ccccc2CO)ccc1-c1cc(Cl)cc(Cl)c1. The van der Waals surface area contributed by atoms with Crippen LogP contribution in [-0.2, 0) is 6.61 Å². The predicted octanol–water partition coefficient (Wildman–Crippen LogP) is 5.83. The zero-order valence-electron chi connectivity index (χ0n) is 13.1. The van der Waals surface area contributed by atoms with Crippen molar-refractivity contribution in [1.29, 1.82) is 0 Å². The van der Waals surface area contributed by atoms with E-state index in [1.807, 2.05) is 54.6 Å². The first kappa shape index (κ1) is 16.8. The molecule has 122 valence electrons. The molecule has 0 bridgehead atoms. The van der Waals surface area contributed by atoms with E-state index in [1.54, 1.807) is 13.2 Å². The summed E-state index contributed by atoms with van der Waals surface area (Å²) in [5, 5.41) is 10.7. The van der Waals surface area contributed by atoms with Crippen LogP contribution in [0, 0.1) is 0 Å². The van der Waals surface area contributed by atoms with Crippen molar-refractivity contribution in [3.63, 3.8) is 0 Å². The third-order valence-corrected chi connectivity index (χ3v) is 4.31. The fourth-order valence-electron chi connectivity index (χ4n) is 2.75. The lowest BCUT2D eigenvalue weighted by atomic mass is 9.96. The summed E-state index contributed by atoms with van der Waals surface area (Å²) in [6.07, 6.45) is 0. The highest BCUT2D eigenvalue weighted by Gasteiger charge is 2.11. The second-order valence-corrected chi connectivity index (χ2v) is 6.26. The molecule has 0 aromatic heterocycles. The molecule has 0 amide bonds. The molecule has 0 atom stereocenters. The van der Waals surface area contributed by atoms with E-state index < -0.39 is 0 Å². The molecule has 4 heteroatoms. The molecule has 1 N–H and O–H groups in total. The van der Waals surface area contributed by atoms with Crippen molar-refractivity contribution in [2.75, 3.05) is 7.11 Å². The number of hydrogen-bond acceptors (Lipinski definition) is 2. The zero-order chi connectivity index (χ0) is 17.1. The maximum atomic E-state index is 9.54. The Hall–Kier alpha value is -2.00. The van der Waals surface area contributed by atoms with Crippen molar-refractivity contribution in [2.45, 2.75) is 6.61 Å². The number of ether oxygens (including phenoxy) is 1. The van der Waals surface area contributed by atoms with Gasteiger partial charge in [0.05, 0.1) is 13.7 Å². The van der Waals surface area contributed by atoms with Gasteiger partial charge in [0.2, 0.25) is 0 Å². The van der Waals surface area contributed by atoms with E-state index in [0.29, 0.717) is 10.0 Å². The Morgan fingerprint density at radius 2 is 1.54 bits per heavy atom. The molecule has 24 heavy (non-hydrogen) atoms. The minimum atomic E-state index is -0.00978. The van der Waals surface area contributed by atoms with Crippen molar-refractivity contribution in [3.8, 4) is 28.0 Å². The summed E-state index contributed by atoms with van der Waals surface area (Å²) >= 11 is 12.2. The molecule has 0 heterocycles. The summed E-state index contributed by atoms with van der Waals surface area (Å²) in [5.74, 6) is 0.721. The average molecular weight is 359 g/mol. The summed E-state index contributed by atoms with van der Waals surface area (Å²) in [6, 6.07) is 19.1. The van der Waals surface area contributed by atoms with Crippen LogP contribution < -0.4 is 4.74 Å². The predicted molar refractivity (Wildman–Crippen MR) is 99.8 cm³/mol. The maximum absolute atomic E-state index is 9.54. The van der Waals surface area contributed by atoms with Gasteiger partial charge in [0.15, 0.2) is 0 Å². The summed E-state index contributed by atoms with van der Waals surface area (Å²) in [5.41, 5.74) is 4.64. The molecule has 0 aliphatic heterocycles. The normalized spacial score (nSPS) is 10.7. The second-order valence-electron chi connectivity index (χ2n) is 5.39. The summed E-state index contributed by atoms with van der Waals surface area (Å²) in [6.45, 7) is -0.00978. The number of aliphatic hydroxyl groups excluding tert-OH is 1. The largest absolute Gasteiger partial charge is 0.496 e. The minimum absolute atomic E-state index is 0.00978. The lowest BCUT2D eigenvalue weighted by Gasteiger charge is -2.13. The summed E-state index contributed by atoms with van der Waals surface area (Å²) < 4.78 is 5.57. The zero-order valence-corrected chi connectivity index (χ0v) is 14.6. The molecule has 0 fully saturated rings. The smallest absolute Gasteiger partial charge is 0.127 e. The number of hydrogen-bond donors (Lipinski definition) is 1. The van der Waals surface area contributed by atoms with Crippen LogP contribution in [0.4, 0.5) is 0 Å². The van der Waals surface area contributed by atoms with Crippen LogP contribution in [0.25, 0.3) is 22.3 Å². The number of benzene rings is 3. The van der Waals surface area contributed by atoms with E-state index in [2.05, 4.69) is 0 Å². The van der Waals surface area contributed by atoms with Gasteiger partial charge in [0, 0.05) is 15.6 Å². The van der Waals surface area contributed by atoms with Crippen molar-refractivity contribution in [1.82, 2.24) is 0 Å². The molecule has 3 rings (SSSR count). The van der Waals surface area contributed by atoms with Crippen LogP contribution in [0.2, 0.25) is 10.0 Å². The summed E-state index contributed by atoms with van der Waals surface area (Å²) in [7, 11) is 1.63. The van der Waals surface area contributed by atoms with E-state index in [1.165, 1.54) is 0 Å². The van der Waals surface area contributed by atoms with E-state index in [0.717, 1.165) is 33.6 Å². The number of halogens is 2. The lowest BCUT2D eigenvalue weighted by Crippen LogP contribution is -1.92. The highest BCUT2D eigenvalue weighted by molar-refractivity contribution is 6.35. The average Bonchev–Trinajstić information content (AvgIpc) is 2.60. The van der Waals surface area contributed by atoms with Gasteiger partial charge < -0.3 is 9.84 Å². The molecule has 0 radical (unpaired) electrons. The van der Waals surface area contributed by atoms with E-state index in [4.69, 9.17) is 27.9 Å². The molecular formula is C20H16Cl2O2. The van der Waals surface area contributed by atoms with Gasteiger partial charge in [-0.1, -0.05) is 59.6 Å². The van der Waals surface area contributed by atoms with Gasteiger partial charge in [-0.15, -0.1) is 0 Å². The third kappa shape index (κ3) is 3.41. The molecule has 3 aromatic carbocycles. The number of methoxy groups -OCH3 is 1. The Morgan fingerprint density at radius 1 is 0.833 bits per heavy atom. The minimum Gasteiger partial charge on any atom is -0.496 e. The first-order chi connectivity index (χ1) is 11.6. The Balaban J connectivity index is 2.12. The maximum Gasteiger partial charge on any atom is 0.127 e. The quantitative estimate of drug-likeness (QED) is 0.635. The van der Waals surface area contributed by atoms with Crippen molar-refractivity contribution >= 4 is 23.2 Å². The van der Waals surface area contributed by atoms with Crippen LogP contribution in [0.5, 0.6) is 5.75 Å². The first-order valence-electron chi connectivity index (χ1n) is 7.46. The Bertz CT molecular complexity index is 855. The molecule has 3 aromatic rings. The number of rotatable bonds is 4. The van der Waals surface area contributed by atoms with Gasteiger partial charge >= 0.3 is 0 Å². The van der Waals surface area contributed by atoms with Gasteiger partial charge in [-0.25, -0.2) is 0 Å². The Kier molecular flexibility index (Phi) is 5.10. The highest BCUT2D eigenvalue weighted by atomic mass is 35.5. The van der Waals surface area contributed by atoms with Gasteiger partial charge in [0.25, 0.3) is 0 Å². The molecule has 0 saturated heterocycles. The molecular weight excluding hydrogens is 343 g/mol. The molecule has 0 aliphatic rings. The first-order valence-corrected chi connectivity index (χ1v) is 8.21. The fraction of sp³-hybridized carbons (Fsp3) is 0.100. The Morgan fingerprint density at radius 3 is 2.21 bits per heavy atom. The van der Waals surface area contributed by atoms with Crippen LogP contribution in [0.1, 0.15) is 5.56 Å². The fourth-order valence-corrected chi connectivity index (χ4v) is 3.27. The van der Waals surface area contributed by atoms with Crippen LogP contribution in [0.15, 0.2) is 60.7 Å². The topological polar surface area (TPSA) is 29.5 Å². The van der Waals surface area contributed by atoms with Gasteiger partial charge in [-0.2, -0.15) is 0 Å². The number of aliphatic hydroxyl groups is 1. The molecule has 0 unspecified atom stereocenters. The van der Waals surface area contributed by atoms with Crippen molar-refractivity contribution < 1.29 is 9.84 Å². The standard InChI is InChI=1S/C20H16Cl2O2/c1-24-20-10-13(18-5-3-2-4-14(18)12-23)6-7-19(20)15-8-16(21)11-17(22)9-15/h2-11,23H,12H2,1H3. The molecule has 0 spiro atoms. The molecule has 2 nitrogen and oxygen atoms in total. The lowest BCUT2D eigenvalue weighted by molar-refractivity contribution is 0.282. The van der Waals surface area contributed by atoms with Crippen LogP contribution in [0.3, 0.4) is 0 Å². The van der Waals surface area contributed by atoms with E-state index >= 15 is 0 Å². The molecule has 0 saturated carbocycles. The van der Waals surface area contributed by atoms with Gasteiger partial charge in [0.1, 0.15) is 5.75 Å². The third-order valence-electron chi connectivity index (χ3n) is 3.87. The van der Waals surface area contributed by atoms with Crippen molar-refractivity contribution in [3.05, 3.63) is 76.3 Å². The van der Waals surface area contributed by atoms with E-state index in [-0.39, 0.29) is 6.61 Å². The van der Waals surface area contributed by atoms with Crippen LogP contribution >= 0.6 is 23.2 Å². The van der Waals surface area contributed by atoms with Gasteiger partial charge in [-0.05, 0) is 46.5 Å². The highest BCUT2D eigenvalue weighted by Crippen LogP contribution is 2.37. The molecule has 0 aliphatic carbocycles. The van der Waals surface area contributed by atoms with Crippen LogP contribution in [-0.4, -0.2) is 12.2 Å². The Labute approximate surface area is 151 Å². The van der Waals surface area contributed by atoms with Crippen molar-refractivity contribution in [2.24, 2.45) is 0 Å². The van der Waals surface area contributed by atoms with E-state index in [9.17, 15) is 5.11 Å². The van der Waals surface area contributed by atoms with Gasteiger partial charge in [-0.3, -0.25) is 0 Å².